The van der Waals surface area contributed by atoms with Gasteiger partial charge in [0.05, 0.1) is 19.6 Å². The molecule has 1 aliphatic rings. The molecule has 1 heterocycles. The average Bonchev–Trinajstić information content (AvgIpc) is 2.36. The summed E-state index contributed by atoms with van der Waals surface area (Å²) in [6.45, 7) is 4.92. The number of hydrogen-bond donors (Lipinski definition) is 0. The van der Waals surface area contributed by atoms with E-state index in [-0.39, 0.29) is 10.9 Å². The van der Waals surface area contributed by atoms with E-state index in [1.54, 1.807) is 11.8 Å². The second-order valence-corrected chi connectivity index (χ2v) is 4.37. The first-order valence-corrected chi connectivity index (χ1v) is 5.08. The summed E-state index contributed by atoms with van der Waals surface area (Å²) in [5, 5.41) is 0. The van der Waals surface area contributed by atoms with Gasteiger partial charge in [0.25, 0.3) is 0 Å². The van der Waals surface area contributed by atoms with Crippen molar-refractivity contribution in [2.24, 2.45) is 0 Å². The minimum atomic E-state index is -0.341. The zero-order chi connectivity index (χ0) is 9.03. The molecule has 1 unspecified atom stereocenters. The Hall–Kier alpha value is -0.220. The normalized spacial score (nSPS) is 28.8. The zero-order valence-electron chi connectivity index (χ0n) is 7.46. The van der Waals surface area contributed by atoms with Crippen molar-refractivity contribution < 1.29 is 14.3 Å². The predicted molar refractivity (Wildman–Crippen MR) is 48.1 cm³/mol. The van der Waals surface area contributed by atoms with Crippen molar-refractivity contribution in [3.05, 3.63) is 0 Å². The monoisotopic (exact) mass is 190 g/mol. The molecule has 0 bridgehead atoms. The first-order valence-electron chi connectivity index (χ1n) is 4.10. The highest BCUT2D eigenvalue weighted by Gasteiger charge is 2.33. The van der Waals surface area contributed by atoms with Gasteiger partial charge in [-0.25, -0.2) is 0 Å². The minimum absolute atomic E-state index is 0.172. The summed E-state index contributed by atoms with van der Waals surface area (Å²) in [5.74, 6) is 0.796. The first-order chi connectivity index (χ1) is 5.66. The van der Waals surface area contributed by atoms with Crippen LogP contribution in [0.25, 0.3) is 0 Å². The van der Waals surface area contributed by atoms with E-state index in [4.69, 9.17) is 9.47 Å². The van der Waals surface area contributed by atoms with E-state index >= 15 is 0 Å². The second kappa shape index (κ2) is 4.14. The zero-order valence-corrected chi connectivity index (χ0v) is 8.28. The molecule has 12 heavy (non-hydrogen) atoms. The predicted octanol–water partition coefficient (Wildman–Crippen LogP) is 1.42. The second-order valence-electron chi connectivity index (χ2n) is 2.81. The van der Waals surface area contributed by atoms with E-state index < -0.39 is 0 Å². The van der Waals surface area contributed by atoms with Crippen LogP contribution in [0.5, 0.6) is 0 Å². The van der Waals surface area contributed by atoms with Crippen molar-refractivity contribution >= 4 is 17.7 Å². The van der Waals surface area contributed by atoms with Gasteiger partial charge in [0.1, 0.15) is 4.93 Å². The number of rotatable bonds is 3. The molecule has 1 rings (SSSR count). The van der Waals surface area contributed by atoms with Gasteiger partial charge in [-0.2, -0.15) is 0 Å². The van der Waals surface area contributed by atoms with Crippen molar-refractivity contribution in [1.82, 2.24) is 0 Å². The van der Waals surface area contributed by atoms with Gasteiger partial charge in [0.2, 0.25) is 0 Å². The highest BCUT2D eigenvalue weighted by Crippen LogP contribution is 2.35. The molecule has 1 atom stereocenters. The number of thioether (sulfide) groups is 1. The Balaban J connectivity index is 2.33. The van der Waals surface area contributed by atoms with Crippen LogP contribution in [0.1, 0.15) is 20.3 Å². The molecule has 0 saturated carbocycles. The lowest BCUT2D eigenvalue weighted by atomic mass is 10.3. The van der Waals surface area contributed by atoms with Crippen LogP contribution in [0.3, 0.4) is 0 Å². The molecule has 4 heteroatoms. The largest absolute Gasteiger partial charge is 0.466 e. The highest BCUT2D eigenvalue weighted by atomic mass is 32.2. The highest BCUT2D eigenvalue weighted by molar-refractivity contribution is 8.00. The number of hydrogen-bond acceptors (Lipinski definition) is 4. The number of ether oxygens (including phenoxy) is 2. The molecular formula is C8H14O3S. The molecule has 1 aliphatic heterocycles. The van der Waals surface area contributed by atoms with Crippen LogP contribution in [0.15, 0.2) is 0 Å². The maximum absolute atomic E-state index is 11.1. The molecule has 3 nitrogen and oxygen atoms in total. The summed E-state index contributed by atoms with van der Waals surface area (Å²) < 4.78 is 10.3. The molecule has 70 valence electrons. The fraction of sp³-hybridized carbons (Fsp3) is 0.875. The van der Waals surface area contributed by atoms with Gasteiger partial charge in [-0.3, -0.25) is 4.79 Å². The van der Waals surface area contributed by atoms with Gasteiger partial charge >= 0.3 is 5.97 Å². The van der Waals surface area contributed by atoms with E-state index in [2.05, 4.69) is 0 Å². The molecular weight excluding hydrogens is 176 g/mol. The summed E-state index contributed by atoms with van der Waals surface area (Å²) in [5.41, 5.74) is 0. The quantitative estimate of drug-likeness (QED) is 0.630. The van der Waals surface area contributed by atoms with Crippen LogP contribution < -0.4 is 0 Å². The maximum Gasteiger partial charge on any atom is 0.309 e. The number of carbonyl (C=O) groups excluding carboxylic acids is 1. The summed E-state index contributed by atoms with van der Waals surface area (Å²) in [6.07, 6.45) is 0.353. The summed E-state index contributed by atoms with van der Waals surface area (Å²) in [6, 6.07) is 0. The number of esters is 1. The van der Waals surface area contributed by atoms with E-state index in [0.717, 1.165) is 12.4 Å². The fourth-order valence-electron chi connectivity index (χ4n) is 1.13. The third-order valence-corrected chi connectivity index (χ3v) is 2.91. The van der Waals surface area contributed by atoms with Gasteiger partial charge < -0.3 is 9.47 Å². The van der Waals surface area contributed by atoms with Gasteiger partial charge in [-0.15, -0.1) is 11.8 Å². The van der Waals surface area contributed by atoms with Crippen LogP contribution in [-0.2, 0) is 14.3 Å². The van der Waals surface area contributed by atoms with Crippen molar-refractivity contribution in [2.45, 2.75) is 25.2 Å². The van der Waals surface area contributed by atoms with Gasteiger partial charge in [-0.1, -0.05) is 0 Å². The molecule has 0 amide bonds. The van der Waals surface area contributed by atoms with Gasteiger partial charge in [0.15, 0.2) is 0 Å². The molecule has 0 aromatic rings. The first kappa shape index (κ1) is 9.86. The summed E-state index contributed by atoms with van der Waals surface area (Å²) in [7, 11) is 0. The van der Waals surface area contributed by atoms with Crippen LogP contribution in [0, 0.1) is 0 Å². The molecule has 0 aromatic carbocycles. The molecule has 0 radical (unpaired) electrons. The molecule has 1 fully saturated rings. The van der Waals surface area contributed by atoms with Crippen molar-refractivity contribution in [3.63, 3.8) is 0 Å². The van der Waals surface area contributed by atoms with Crippen molar-refractivity contribution in [1.29, 1.82) is 0 Å². The molecule has 0 spiro atoms. The lowest BCUT2D eigenvalue weighted by molar-refractivity contribution is -0.146. The lowest BCUT2D eigenvalue weighted by Crippen LogP contribution is -2.24. The van der Waals surface area contributed by atoms with E-state index in [1.807, 2.05) is 13.8 Å². The smallest absolute Gasteiger partial charge is 0.309 e. The SMILES string of the molecule is CCOC(=O)CC1(C)OCCS1. The maximum atomic E-state index is 11.1. The standard InChI is InChI=1S/C8H14O3S/c1-3-10-7(9)6-8(2)11-4-5-12-8/h3-6H2,1-2H3. The Kier molecular flexibility index (Phi) is 3.40. The molecule has 1 saturated heterocycles. The Morgan fingerprint density at radius 2 is 2.50 bits per heavy atom. The third kappa shape index (κ3) is 2.68. The Bertz CT molecular complexity index is 164. The molecule has 0 aliphatic carbocycles. The number of carbonyl (C=O) groups is 1. The minimum Gasteiger partial charge on any atom is -0.466 e. The van der Waals surface area contributed by atoms with E-state index in [9.17, 15) is 4.79 Å². The van der Waals surface area contributed by atoms with Crippen LogP contribution in [0.4, 0.5) is 0 Å². The van der Waals surface area contributed by atoms with Gasteiger partial charge in [-0.05, 0) is 13.8 Å². The lowest BCUT2D eigenvalue weighted by Gasteiger charge is -2.20. The van der Waals surface area contributed by atoms with Gasteiger partial charge in [0, 0.05) is 5.75 Å². The van der Waals surface area contributed by atoms with Crippen LogP contribution in [-0.4, -0.2) is 29.9 Å². The van der Waals surface area contributed by atoms with E-state index in [0.29, 0.717) is 13.0 Å². The Labute approximate surface area is 76.8 Å². The van der Waals surface area contributed by atoms with Crippen LogP contribution in [0.2, 0.25) is 0 Å². The van der Waals surface area contributed by atoms with Crippen molar-refractivity contribution in [3.8, 4) is 0 Å². The Morgan fingerprint density at radius 1 is 1.75 bits per heavy atom. The molecule has 0 aromatic heterocycles. The average molecular weight is 190 g/mol. The molecule has 0 N–H and O–H groups in total. The summed E-state index contributed by atoms with van der Waals surface area (Å²) in [4.78, 5) is 10.7. The summed E-state index contributed by atoms with van der Waals surface area (Å²) >= 11 is 1.68. The fourth-order valence-corrected chi connectivity index (χ4v) is 2.12. The van der Waals surface area contributed by atoms with Crippen LogP contribution >= 0.6 is 11.8 Å². The topological polar surface area (TPSA) is 35.5 Å². The third-order valence-electron chi connectivity index (χ3n) is 1.67. The van der Waals surface area contributed by atoms with E-state index in [1.165, 1.54) is 0 Å². The van der Waals surface area contributed by atoms with Crippen molar-refractivity contribution in [2.75, 3.05) is 19.0 Å². The Morgan fingerprint density at radius 3 is 3.00 bits per heavy atom.